The summed E-state index contributed by atoms with van der Waals surface area (Å²) in [6, 6.07) is 9.49. The fourth-order valence-corrected chi connectivity index (χ4v) is 4.19. The third-order valence-corrected chi connectivity index (χ3v) is 5.71. The fraction of sp³-hybridized carbons (Fsp3) is 0.304. The van der Waals surface area contributed by atoms with E-state index in [1.165, 1.54) is 4.57 Å². The minimum absolute atomic E-state index is 0.132. The molecule has 3 aromatic rings. The number of nitrogens with zero attached hydrogens (tertiary/aromatic N) is 2. The summed E-state index contributed by atoms with van der Waals surface area (Å²) in [7, 11) is 0. The van der Waals surface area contributed by atoms with E-state index in [1.54, 1.807) is 35.2 Å². The molecule has 8 heteroatoms. The molecule has 0 saturated carbocycles. The average Bonchev–Trinajstić information content (AvgIpc) is 3.21. The summed E-state index contributed by atoms with van der Waals surface area (Å²) in [4.78, 5) is 26.0. The molecule has 2 aromatic carbocycles. The molecule has 0 radical (unpaired) electrons. The minimum Gasteiger partial charge on any atom is -0.477 e. The Morgan fingerprint density at radius 1 is 1.26 bits per heavy atom. The predicted octanol–water partition coefficient (Wildman–Crippen LogP) is 3.40. The largest absolute Gasteiger partial charge is 0.477 e. The van der Waals surface area contributed by atoms with Crippen molar-refractivity contribution in [2.24, 2.45) is 5.92 Å². The number of carboxylic acid groups (broad SMARTS) is 1. The highest BCUT2D eigenvalue weighted by Gasteiger charge is 2.30. The highest BCUT2D eigenvalue weighted by Crippen LogP contribution is 2.34. The highest BCUT2D eigenvalue weighted by atomic mass is 19.1. The number of carboxylic acids is 1. The molecule has 0 aliphatic carbocycles. The lowest BCUT2D eigenvalue weighted by Gasteiger charge is -2.22. The van der Waals surface area contributed by atoms with Gasteiger partial charge in [0.1, 0.15) is 17.1 Å². The molecule has 0 bridgehead atoms. The van der Waals surface area contributed by atoms with Gasteiger partial charge in [0.25, 0.3) is 0 Å². The van der Waals surface area contributed by atoms with Crippen LogP contribution in [-0.2, 0) is 0 Å². The first-order valence-electron chi connectivity index (χ1n) is 10.2. The molecule has 31 heavy (non-hydrogen) atoms. The molecule has 4 rings (SSSR count). The van der Waals surface area contributed by atoms with Crippen molar-refractivity contribution in [2.75, 3.05) is 31.1 Å². The van der Waals surface area contributed by atoms with E-state index in [4.69, 9.17) is 0 Å². The molecule has 162 valence electrons. The number of pyridine rings is 1. The number of halogens is 2. The normalized spacial score (nSPS) is 16.2. The van der Waals surface area contributed by atoms with E-state index in [-0.39, 0.29) is 22.5 Å². The summed E-state index contributed by atoms with van der Waals surface area (Å²) < 4.78 is 32.2. The second kappa shape index (κ2) is 8.47. The third kappa shape index (κ3) is 3.79. The van der Waals surface area contributed by atoms with Gasteiger partial charge in [-0.1, -0.05) is 25.1 Å². The summed E-state index contributed by atoms with van der Waals surface area (Å²) in [5.41, 5.74) is -1.30. The molecule has 0 spiro atoms. The Bertz CT molecular complexity index is 1190. The topological polar surface area (TPSA) is 74.6 Å². The number of rotatable bonds is 6. The number of benzene rings is 2. The lowest BCUT2D eigenvalue weighted by atomic mass is 10.1. The monoisotopic (exact) mass is 427 g/mol. The number of hydrogen-bond acceptors (Lipinski definition) is 4. The molecule has 1 aliphatic rings. The molecule has 0 amide bonds. The van der Waals surface area contributed by atoms with Crippen molar-refractivity contribution in [1.29, 1.82) is 0 Å². The van der Waals surface area contributed by atoms with Crippen LogP contribution in [0.4, 0.5) is 14.5 Å². The number of hydrogen-bond donors (Lipinski definition) is 2. The zero-order valence-electron chi connectivity index (χ0n) is 17.1. The average molecular weight is 427 g/mol. The van der Waals surface area contributed by atoms with Crippen LogP contribution in [-0.4, -0.2) is 41.8 Å². The maximum absolute atomic E-state index is 15.8. The SMILES string of the molecule is CCNCC1CCN(c2c(F)cc3c(=O)c(C(=O)O)cn(-c4ccccc4)c3c2F)C1. The van der Waals surface area contributed by atoms with Gasteiger partial charge in [0.05, 0.1) is 10.9 Å². The third-order valence-electron chi connectivity index (χ3n) is 5.71. The van der Waals surface area contributed by atoms with Crippen LogP contribution in [0, 0.1) is 17.6 Å². The van der Waals surface area contributed by atoms with Crippen LogP contribution in [0.3, 0.4) is 0 Å². The standard InChI is InChI=1S/C23H23F2N3O3/c1-2-26-11-14-8-9-27(12-14)21-18(24)10-16-20(19(21)25)28(15-6-4-3-5-7-15)13-17(22(16)29)23(30)31/h3-7,10,13-14,26H,2,8-9,11-12H2,1H3,(H,30,31). The number of aromatic carboxylic acids is 1. The van der Waals surface area contributed by atoms with E-state index in [1.807, 2.05) is 6.92 Å². The molecule has 2 heterocycles. The Hall–Kier alpha value is -3.26. The number of fused-ring (bicyclic) bond motifs is 1. The molecule has 2 N–H and O–H groups in total. The smallest absolute Gasteiger partial charge is 0.341 e. The van der Waals surface area contributed by atoms with Gasteiger partial charge in [0.15, 0.2) is 5.82 Å². The van der Waals surface area contributed by atoms with Crippen LogP contribution in [0.2, 0.25) is 0 Å². The molecular weight excluding hydrogens is 404 g/mol. The van der Waals surface area contributed by atoms with Gasteiger partial charge in [-0.15, -0.1) is 0 Å². The van der Waals surface area contributed by atoms with Crippen LogP contribution in [0.1, 0.15) is 23.7 Å². The lowest BCUT2D eigenvalue weighted by Crippen LogP contribution is -2.28. The Balaban J connectivity index is 1.93. The minimum atomic E-state index is -1.45. The summed E-state index contributed by atoms with van der Waals surface area (Å²) in [5.74, 6) is -2.92. The van der Waals surface area contributed by atoms with Crippen molar-refractivity contribution in [3.63, 3.8) is 0 Å². The zero-order valence-corrected chi connectivity index (χ0v) is 17.1. The van der Waals surface area contributed by atoms with E-state index in [9.17, 15) is 14.7 Å². The van der Waals surface area contributed by atoms with Gasteiger partial charge in [0.2, 0.25) is 5.43 Å². The summed E-state index contributed by atoms with van der Waals surface area (Å²) >= 11 is 0. The van der Waals surface area contributed by atoms with Gasteiger partial charge in [0, 0.05) is 25.0 Å². The van der Waals surface area contributed by atoms with Gasteiger partial charge in [-0.2, -0.15) is 0 Å². The zero-order chi connectivity index (χ0) is 22.1. The van der Waals surface area contributed by atoms with E-state index in [2.05, 4.69) is 5.32 Å². The van der Waals surface area contributed by atoms with E-state index in [0.717, 1.165) is 31.8 Å². The van der Waals surface area contributed by atoms with Crippen molar-refractivity contribution in [3.8, 4) is 5.69 Å². The number of anilines is 1. The molecule has 1 aliphatic heterocycles. The van der Waals surface area contributed by atoms with Crippen LogP contribution in [0.25, 0.3) is 16.6 Å². The van der Waals surface area contributed by atoms with E-state index >= 15 is 8.78 Å². The fourth-order valence-electron chi connectivity index (χ4n) is 4.19. The lowest BCUT2D eigenvalue weighted by molar-refractivity contribution is 0.0695. The van der Waals surface area contributed by atoms with E-state index < -0.39 is 28.6 Å². The molecule has 6 nitrogen and oxygen atoms in total. The second-order valence-electron chi connectivity index (χ2n) is 7.71. The van der Waals surface area contributed by atoms with Crippen molar-refractivity contribution in [2.45, 2.75) is 13.3 Å². The molecule has 1 saturated heterocycles. The van der Waals surface area contributed by atoms with Crippen LogP contribution in [0.15, 0.2) is 47.4 Å². The second-order valence-corrected chi connectivity index (χ2v) is 7.71. The summed E-state index contributed by atoms with van der Waals surface area (Å²) in [6.07, 6.45) is 1.90. The first kappa shape index (κ1) is 21.0. The van der Waals surface area contributed by atoms with Crippen LogP contribution in [0.5, 0.6) is 0 Å². The number of aromatic nitrogens is 1. The molecule has 1 atom stereocenters. The Morgan fingerprint density at radius 2 is 2.00 bits per heavy atom. The van der Waals surface area contributed by atoms with Gasteiger partial charge in [-0.05, 0) is 43.6 Å². The van der Waals surface area contributed by atoms with Crippen molar-refractivity contribution < 1.29 is 18.7 Å². The maximum atomic E-state index is 15.8. The number of carbonyl (C=O) groups is 1. The summed E-state index contributed by atoms with van der Waals surface area (Å²) in [5, 5.41) is 12.4. The molecule has 1 unspecified atom stereocenters. The van der Waals surface area contributed by atoms with Crippen LogP contribution < -0.4 is 15.6 Å². The summed E-state index contributed by atoms with van der Waals surface area (Å²) in [6.45, 7) is 4.59. The molecule has 1 aromatic heterocycles. The highest BCUT2D eigenvalue weighted by molar-refractivity contribution is 5.94. The predicted molar refractivity (Wildman–Crippen MR) is 115 cm³/mol. The maximum Gasteiger partial charge on any atom is 0.341 e. The Kier molecular flexibility index (Phi) is 5.73. The first-order valence-corrected chi connectivity index (χ1v) is 10.2. The van der Waals surface area contributed by atoms with Crippen molar-refractivity contribution in [3.05, 3.63) is 70.0 Å². The van der Waals surface area contributed by atoms with Crippen LogP contribution >= 0.6 is 0 Å². The van der Waals surface area contributed by atoms with Crippen molar-refractivity contribution in [1.82, 2.24) is 9.88 Å². The number of para-hydroxylation sites is 1. The van der Waals surface area contributed by atoms with Crippen molar-refractivity contribution >= 4 is 22.6 Å². The molecular formula is C23H23F2N3O3. The Morgan fingerprint density at radius 3 is 2.68 bits per heavy atom. The quantitative estimate of drug-likeness (QED) is 0.631. The first-order chi connectivity index (χ1) is 14.9. The van der Waals surface area contributed by atoms with Gasteiger partial charge in [-0.3, -0.25) is 4.79 Å². The van der Waals surface area contributed by atoms with Gasteiger partial charge >= 0.3 is 5.97 Å². The molecule has 1 fully saturated rings. The number of nitrogens with one attached hydrogen (secondary N) is 1. The van der Waals surface area contributed by atoms with Gasteiger partial charge in [-0.25, -0.2) is 13.6 Å². The van der Waals surface area contributed by atoms with Gasteiger partial charge < -0.3 is 19.9 Å². The Labute approximate surface area is 177 Å². The van der Waals surface area contributed by atoms with E-state index in [0.29, 0.717) is 18.8 Å².